The first-order valence-electron chi connectivity index (χ1n) is 10.7. The summed E-state index contributed by atoms with van der Waals surface area (Å²) >= 11 is 2.21. The van der Waals surface area contributed by atoms with Crippen LogP contribution in [0.1, 0.15) is 23.2 Å². The second kappa shape index (κ2) is 9.97. The maximum atomic E-state index is 12.9. The van der Waals surface area contributed by atoms with Crippen molar-refractivity contribution in [1.29, 1.82) is 0 Å². The second-order valence-corrected chi connectivity index (χ2v) is 9.61. The summed E-state index contributed by atoms with van der Waals surface area (Å²) in [4.78, 5) is 28.9. The number of carbonyl (C=O) groups is 2. The van der Waals surface area contributed by atoms with Crippen molar-refractivity contribution >= 4 is 51.6 Å². The maximum absolute atomic E-state index is 12.9. The maximum Gasteiger partial charge on any atom is 0.490 e. The number of carboxylic acids is 1. The van der Waals surface area contributed by atoms with Gasteiger partial charge >= 0.3 is 12.1 Å². The van der Waals surface area contributed by atoms with Gasteiger partial charge in [-0.1, -0.05) is 12.1 Å². The standard InChI is InChI=1S/C20H21IN6O.C2HF3O2/c21-15-3-1-2-4-16(15)24-19(28)14-11-23-27-9-5-17(25-18(14)27)26-10-8-22-12-20(13-26)6-7-20;3-2(4,5)1(6)7/h1-5,9,11,22H,6-8,10,12-13H2,(H,24,28);(H,6,7). The van der Waals surface area contributed by atoms with Crippen LogP contribution in [0.5, 0.6) is 0 Å². The zero-order chi connectivity index (χ0) is 25.2. The van der Waals surface area contributed by atoms with E-state index >= 15 is 0 Å². The lowest BCUT2D eigenvalue weighted by Crippen LogP contribution is -2.31. The Labute approximate surface area is 211 Å². The molecule has 3 aromatic rings. The van der Waals surface area contributed by atoms with Gasteiger partial charge in [-0.15, -0.1) is 0 Å². The topological polar surface area (TPSA) is 112 Å². The highest BCUT2D eigenvalue weighted by Gasteiger charge is 2.44. The number of benzene rings is 1. The third kappa shape index (κ3) is 6.01. The van der Waals surface area contributed by atoms with E-state index in [1.165, 1.54) is 12.8 Å². The number of aromatic nitrogens is 3. The minimum atomic E-state index is -5.08. The molecule has 1 spiro atoms. The largest absolute Gasteiger partial charge is 0.490 e. The molecule has 1 saturated carbocycles. The van der Waals surface area contributed by atoms with Crippen LogP contribution in [0, 0.1) is 8.99 Å². The lowest BCUT2D eigenvalue weighted by Gasteiger charge is -2.24. The van der Waals surface area contributed by atoms with Gasteiger partial charge < -0.3 is 20.6 Å². The van der Waals surface area contributed by atoms with Crippen molar-refractivity contribution in [1.82, 2.24) is 19.9 Å². The van der Waals surface area contributed by atoms with Crippen molar-refractivity contribution in [2.75, 3.05) is 36.4 Å². The minimum absolute atomic E-state index is 0.194. The zero-order valence-electron chi connectivity index (χ0n) is 18.3. The van der Waals surface area contributed by atoms with Gasteiger partial charge in [-0.2, -0.15) is 18.3 Å². The molecule has 0 radical (unpaired) electrons. The van der Waals surface area contributed by atoms with Crippen molar-refractivity contribution in [2.45, 2.75) is 19.0 Å². The molecule has 3 N–H and O–H groups in total. The quantitative estimate of drug-likeness (QED) is 0.394. The number of hydrogen-bond donors (Lipinski definition) is 3. The van der Waals surface area contributed by atoms with E-state index in [0.717, 1.165) is 41.3 Å². The van der Waals surface area contributed by atoms with E-state index in [2.05, 4.69) is 43.2 Å². The van der Waals surface area contributed by atoms with Crippen molar-refractivity contribution < 1.29 is 27.9 Å². The number of nitrogens with zero attached hydrogens (tertiary/aromatic N) is 4. The Bertz CT molecular complexity index is 1240. The molecule has 186 valence electrons. The van der Waals surface area contributed by atoms with Crippen molar-refractivity contribution in [3.8, 4) is 0 Å². The summed E-state index contributed by atoms with van der Waals surface area (Å²) in [5.41, 5.74) is 2.26. The third-order valence-corrected chi connectivity index (χ3v) is 6.77. The Morgan fingerprint density at radius 3 is 2.57 bits per heavy atom. The van der Waals surface area contributed by atoms with Gasteiger partial charge in [0, 0.05) is 41.4 Å². The van der Waals surface area contributed by atoms with Gasteiger partial charge in [-0.05, 0) is 53.6 Å². The average molecular weight is 602 g/mol. The van der Waals surface area contributed by atoms with Crippen LogP contribution >= 0.6 is 22.6 Å². The molecule has 35 heavy (non-hydrogen) atoms. The van der Waals surface area contributed by atoms with E-state index in [1.807, 2.05) is 36.5 Å². The molecular formula is C22H22F3IN6O3. The number of anilines is 2. The number of carbonyl (C=O) groups excluding carboxylic acids is 1. The first kappa shape index (κ1) is 25.2. The molecular weight excluding hydrogens is 580 g/mol. The fourth-order valence-electron chi connectivity index (χ4n) is 3.76. The molecule has 1 amide bonds. The van der Waals surface area contributed by atoms with E-state index in [9.17, 15) is 18.0 Å². The van der Waals surface area contributed by atoms with Gasteiger partial charge in [-0.3, -0.25) is 4.79 Å². The number of hydrogen-bond acceptors (Lipinski definition) is 6. The molecule has 0 atom stereocenters. The van der Waals surface area contributed by atoms with Crippen LogP contribution in [0.25, 0.3) is 5.65 Å². The van der Waals surface area contributed by atoms with E-state index in [0.29, 0.717) is 16.6 Å². The van der Waals surface area contributed by atoms with Crippen LogP contribution in [-0.2, 0) is 4.79 Å². The summed E-state index contributed by atoms with van der Waals surface area (Å²) in [6.07, 6.45) is 0.936. The summed E-state index contributed by atoms with van der Waals surface area (Å²) in [6.45, 7) is 3.97. The SMILES string of the molecule is O=C(Nc1ccccc1I)c1cnn2ccc(N3CCNCC4(CC4)C3)nc12.O=C(O)C(F)(F)F. The number of carboxylic acid groups (broad SMARTS) is 1. The summed E-state index contributed by atoms with van der Waals surface area (Å²) in [7, 11) is 0. The number of halogens is 4. The average Bonchev–Trinajstić information content (AvgIpc) is 3.50. The predicted molar refractivity (Wildman–Crippen MR) is 131 cm³/mol. The number of fused-ring (bicyclic) bond motifs is 1. The normalized spacial score (nSPS) is 16.9. The molecule has 0 bridgehead atoms. The summed E-state index contributed by atoms with van der Waals surface area (Å²) in [5.74, 6) is -2.04. The Morgan fingerprint density at radius 1 is 1.20 bits per heavy atom. The summed E-state index contributed by atoms with van der Waals surface area (Å²) < 4.78 is 34.4. The van der Waals surface area contributed by atoms with Crippen LogP contribution in [0.4, 0.5) is 24.7 Å². The van der Waals surface area contributed by atoms with E-state index < -0.39 is 12.1 Å². The number of nitrogens with one attached hydrogen (secondary N) is 2. The Morgan fingerprint density at radius 2 is 1.91 bits per heavy atom. The lowest BCUT2D eigenvalue weighted by molar-refractivity contribution is -0.192. The fraction of sp³-hybridized carbons (Fsp3) is 0.364. The smallest absolute Gasteiger partial charge is 0.475 e. The molecule has 3 heterocycles. The van der Waals surface area contributed by atoms with Crippen molar-refractivity contribution in [2.24, 2.45) is 5.41 Å². The van der Waals surface area contributed by atoms with Gasteiger partial charge in [0.25, 0.3) is 5.91 Å². The van der Waals surface area contributed by atoms with Gasteiger partial charge in [0.2, 0.25) is 0 Å². The van der Waals surface area contributed by atoms with E-state index in [1.54, 1.807) is 10.7 Å². The third-order valence-electron chi connectivity index (χ3n) is 5.83. The summed E-state index contributed by atoms with van der Waals surface area (Å²) in [5, 5.41) is 18.0. The first-order valence-corrected chi connectivity index (χ1v) is 11.8. The number of alkyl halides is 3. The van der Waals surface area contributed by atoms with E-state index in [4.69, 9.17) is 14.9 Å². The van der Waals surface area contributed by atoms with E-state index in [-0.39, 0.29) is 5.91 Å². The van der Waals surface area contributed by atoms with Crippen LogP contribution in [0.15, 0.2) is 42.7 Å². The van der Waals surface area contributed by atoms with Gasteiger partial charge in [0.1, 0.15) is 11.4 Å². The Hall–Kier alpha value is -2.94. The monoisotopic (exact) mass is 602 g/mol. The highest BCUT2D eigenvalue weighted by Crippen LogP contribution is 2.46. The zero-order valence-corrected chi connectivity index (χ0v) is 20.5. The molecule has 1 saturated heterocycles. The molecule has 2 aliphatic rings. The fourth-order valence-corrected chi connectivity index (χ4v) is 4.28. The Kier molecular flexibility index (Phi) is 7.17. The van der Waals surface area contributed by atoms with Crippen LogP contribution in [0.3, 0.4) is 0 Å². The Balaban J connectivity index is 0.000000364. The molecule has 2 fully saturated rings. The molecule has 1 aliphatic heterocycles. The molecule has 9 nitrogen and oxygen atoms in total. The van der Waals surface area contributed by atoms with Gasteiger partial charge in [0.15, 0.2) is 5.65 Å². The van der Waals surface area contributed by atoms with Gasteiger partial charge in [-0.25, -0.2) is 14.3 Å². The molecule has 13 heteroatoms. The second-order valence-electron chi connectivity index (χ2n) is 8.45. The van der Waals surface area contributed by atoms with Crippen LogP contribution in [-0.4, -0.2) is 63.9 Å². The number of amides is 1. The summed E-state index contributed by atoms with van der Waals surface area (Å²) in [6, 6.07) is 9.70. The van der Waals surface area contributed by atoms with Crippen LogP contribution < -0.4 is 15.5 Å². The molecule has 0 unspecified atom stereocenters. The highest BCUT2D eigenvalue weighted by molar-refractivity contribution is 14.1. The highest BCUT2D eigenvalue weighted by atomic mass is 127. The minimum Gasteiger partial charge on any atom is -0.475 e. The predicted octanol–water partition coefficient (Wildman–Crippen LogP) is 3.41. The lowest BCUT2D eigenvalue weighted by atomic mass is 10.1. The first-order chi connectivity index (χ1) is 16.6. The number of para-hydroxylation sites is 1. The number of rotatable bonds is 3. The number of aliphatic carboxylic acids is 1. The molecule has 1 aromatic carbocycles. The molecule has 5 rings (SSSR count). The van der Waals surface area contributed by atoms with Crippen LogP contribution in [0.2, 0.25) is 0 Å². The molecule has 1 aliphatic carbocycles. The van der Waals surface area contributed by atoms with Crippen molar-refractivity contribution in [3.63, 3.8) is 0 Å². The molecule has 2 aromatic heterocycles. The van der Waals surface area contributed by atoms with Crippen molar-refractivity contribution in [3.05, 3.63) is 51.9 Å². The van der Waals surface area contributed by atoms with Gasteiger partial charge in [0.05, 0.1) is 11.9 Å².